The predicted molar refractivity (Wildman–Crippen MR) is 68.0 cm³/mol. The molecule has 98 valence electrons. The average molecular weight is 273 g/mol. The summed E-state index contributed by atoms with van der Waals surface area (Å²) in [5.41, 5.74) is 0.101. The van der Waals surface area contributed by atoms with Crippen molar-refractivity contribution in [2.45, 2.75) is 52.1 Å². The normalized spacial score (nSPS) is 10.2. The van der Waals surface area contributed by atoms with E-state index in [1.807, 2.05) is 0 Å². The lowest BCUT2D eigenvalue weighted by molar-refractivity contribution is 0.336. The molecule has 0 atom stereocenters. The fourth-order valence-electron chi connectivity index (χ4n) is 1.22. The summed E-state index contributed by atoms with van der Waals surface area (Å²) in [4.78, 5) is 21.7. The molecule has 0 heterocycles. The van der Waals surface area contributed by atoms with Gasteiger partial charge in [0, 0.05) is 18.0 Å². The third-order valence-electron chi connectivity index (χ3n) is 1.54. The topological polar surface area (TPSA) is 96.5 Å². The number of halogens is 1. The molecule has 0 unspecified atom stereocenters. The minimum absolute atomic E-state index is 0. The summed E-state index contributed by atoms with van der Waals surface area (Å²) in [6, 6.07) is 2.65. The van der Waals surface area contributed by atoms with Crippen LogP contribution in [0.1, 0.15) is 40.5 Å². The van der Waals surface area contributed by atoms with Crippen LogP contribution in [0.2, 0.25) is 0 Å². The van der Waals surface area contributed by atoms with Gasteiger partial charge in [-0.25, -0.2) is 0 Å². The second kappa shape index (κ2) is 11.5. The van der Waals surface area contributed by atoms with Gasteiger partial charge in [0.2, 0.25) is 0 Å². The van der Waals surface area contributed by atoms with E-state index in [0.717, 1.165) is 6.42 Å². The summed E-state index contributed by atoms with van der Waals surface area (Å²) >= 11 is 0. The third-order valence-corrected chi connectivity index (χ3v) is 1.54. The van der Waals surface area contributed by atoms with Crippen molar-refractivity contribution in [3.63, 3.8) is 0 Å². The molecule has 0 aliphatic heterocycles. The van der Waals surface area contributed by atoms with Crippen LogP contribution in [0.25, 0.3) is 0 Å². The Labute approximate surface area is 105 Å². The van der Waals surface area contributed by atoms with Crippen LogP contribution in [0.15, 0.2) is 0 Å². The first-order valence-corrected chi connectivity index (χ1v) is 5.92. The highest BCUT2D eigenvalue weighted by Gasteiger charge is 2.16. The standard InChI is InChI=1S/C9H18N2.ClH.H3O3P/c1-8(2)11-9(3,4)6-5-7-10;;1-4(2)3/h8,11H,5-6H2,1-4H3;1H;1-3H. The second-order valence-corrected chi connectivity index (χ2v) is 4.65. The van der Waals surface area contributed by atoms with Crippen LogP contribution < -0.4 is 5.32 Å². The van der Waals surface area contributed by atoms with Crippen molar-refractivity contribution in [1.29, 1.82) is 5.26 Å². The highest BCUT2D eigenvalue weighted by atomic mass is 35.5. The van der Waals surface area contributed by atoms with E-state index in [4.69, 9.17) is 19.9 Å². The molecular weight excluding hydrogens is 251 g/mol. The van der Waals surface area contributed by atoms with Gasteiger partial charge >= 0.3 is 8.60 Å². The van der Waals surface area contributed by atoms with Gasteiger partial charge < -0.3 is 20.0 Å². The minimum atomic E-state index is -2.62. The van der Waals surface area contributed by atoms with Crippen molar-refractivity contribution in [2.24, 2.45) is 0 Å². The van der Waals surface area contributed by atoms with E-state index < -0.39 is 8.60 Å². The van der Waals surface area contributed by atoms with Gasteiger partial charge in [0.25, 0.3) is 0 Å². The lowest BCUT2D eigenvalue weighted by atomic mass is 9.98. The summed E-state index contributed by atoms with van der Waals surface area (Å²) in [7, 11) is -2.62. The largest absolute Gasteiger partial charge is 0.328 e. The Balaban J connectivity index is -0.000000292. The van der Waals surface area contributed by atoms with Crippen LogP contribution in [0, 0.1) is 11.3 Å². The molecule has 16 heavy (non-hydrogen) atoms. The summed E-state index contributed by atoms with van der Waals surface area (Å²) in [5, 5.41) is 11.8. The summed E-state index contributed by atoms with van der Waals surface area (Å²) in [6.07, 6.45) is 1.55. The molecule has 7 heteroatoms. The molecule has 0 aromatic heterocycles. The van der Waals surface area contributed by atoms with Gasteiger partial charge in [-0.05, 0) is 20.3 Å². The number of hydrogen-bond acceptors (Lipinski definition) is 5. The van der Waals surface area contributed by atoms with Crippen molar-refractivity contribution in [2.75, 3.05) is 0 Å². The Morgan fingerprint density at radius 2 is 1.69 bits per heavy atom. The molecule has 0 fully saturated rings. The van der Waals surface area contributed by atoms with Crippen LogP contribution in [0.3, 0.4) is 0 Å². The van der Waals surface area contributed by atoms with Crippen molar-refractivity contribution in [3.05, 3.63) is 0 Å². The van der Waals surface area contributed by atoms with E-state index in [1.165, 1.54) is 0 Å². The molecule has 0 aromatic carbocycles. The first-order chi connectivity index (χ1) is 6.71. The molecule has 0 amide bonds. The van der Waals surface area contributed by atoms with Gasteiger partial charge in [-0.2, -0.15) is 5.26 Å². The first-order valence-electron chi connectivity index (χ1n) is 4.72. The summed E-state index contributed by atoms with van der Waals surface area (Å²) < 4.78 is 0. The molecule has 0 radical (unpaired) electrons. The Bertz CT molecular complexity index is 193. The molecule has 0 aromatic rings. The zero-order valence-corrected chi connectivity index (χ0v) is 11.8. The van der Waals surface area contributed by atoms with Gasteiger partial charge in [0.1, 0.15) is 0 Å². The molecule has 0 saturated heterocycles. The Hall–Kier alpha value is 0.0500. The van der Waals surface area contributed by atoms with Crippen molar-refractivity contribution >= 4 is 21.0 Å². The first kappa shape index (κ1) is 21.3. The quantitative estimate of drug-likeness (QED) is 0.584. The number of nitriles is 1. The average Bonchev–Trinajstić information content (AvgIpc) is 1.97. The number of nitrogens with one attached hydrogen (secondary N) is 1. The fraction of sp³-hybridized carbons (Fsp3) is 0.889. The second-order valence-electron chi connectivity index (χ2n) is 4.11. The lowest BCUT2D eigenvalue weighted by Gasteiger charge is -2.27. The van der Waals surface area contributed by atoms with Gasteiger partial charge in [-0.1, -0.05) is 13.8 Å². The van der Waals surface area contributed by atoms with E-state index in [9.17, 15) is 0 Å². The van der Waals surface area contributed by atoms with E-state index in [-0.39, 0.29) is 17.9 Å². The third kappa shape index (κ3) is 23.7. The van der Waals surface area contributed by atoms with Gasteiger partial charge in [-0.3, -0.25) is 0 Å². The lowest BCUT2D eigenvalue weighted by Crippen LogP contribution is -2.43. The zero-order valence-electron chi connectivity index (χ0n) is 10.1. The molecule has 0 rings (SSSR count). The number of nitrogens with zero attached hydrogens (tertiary/aromatic N) is 1. The zero-order chi connectivity index (χ0) is 12.5. The number of hydrogen-bond donors (Lipinski definition) is 4. The maximum atomic E-state index is 8.39. The summed E-state index contributed by atoms with van der Waals surface area (Å²) in [6.45, 7) is 8.50. The minimum Gasteiger partial charge on any atom is -0.328 e. The van der Waals surface area contributed by atoms with Crippen LogP contribution in [0.5, 0.6) is 0 Å². The van der Waals surface area contributed by atoms with Gasteiger partial charge in [0.15, 0.2) is 0 Å². The highest BCUT2D eigenvalue weighted by Crippen LogP contribution is 2.11. The maximum Gasteiger partial charge on any atom is 0.324 e. The summed E-state index contributed by atoms with van der Waals surface area (Å²) in [5.74, 6) is 0. The molecular formula is C9H22ClN2O3P. The van der Waals surface area contributed by atoms with Crippen LogP contribution in [-0.2, 0) is 0 Å². The van der Waals surface area contributed by atoms with E-state index in [1.54, 1.807) is 0 Å². The van der Waals surface area contributed by atoms with Crippen molar-refractivity contribution in [3.8, 4) is 6.07 Å². The van der Waals surface area contributed by atoms with Crippen LogP contribution >= 0.6 is 21.0 Å². The highest BCUT2D eigenvalue weighted by molar-refractivity contribution is 7.38. The molecule has 0 aliphatic rings. The van der Waals surface area contributed by atoms with Crippen LogP contribution in [-0.4, -0.2) is 26.3 Å². The Kier molecular flexibility index (Phi) is 15.4. The molecule has 5 nitrogen and oxygen atoms in total. The predicted octanol–water partition coefficient (Wildman–Crippen LogP) is 1.68. The van der Waals surface area contributed by atoms with Crippen molar-refractivity contribution < 1.29 is 14.7 Å². The van der Waals surface area contributed by atoms with E-state index in [0.29, 0.717) is 12.5 Å². The van der Waals surface area contributed by atoms with Crippen LogP contribution in [0.4, 0.5) is 0 Å². The maximum absolute atomic E-state index is 8.39. The molecule has 0 saturated carbocycles. The van der Waals surface area contributed by atoms with Gasteiger partial charge in [0.05, 0.1) is 6.07 Å². The number of rotatable bonds is 4. The fourth-order valence-corrected chi connectivity index (χ4v) is 1.22. The SMILES string of the molecule is CC(C)NC(C)(C)CCC#N.Cl.OP(O)O. The smallest absolute Gasteiger partial charge is 0.324 e. The Morgan fingerprint density at radius 3 is 1.94 bits per heavy atom. The Morgan fingerprint density at radius 1 is 1.31 bits per heavy atom. The monoisotopic (exact) mass is 272 g/mol. The van der Waals surface area contributed by atoms with E-state index in [2.05, 4.69) is 39.1 Å². The molecule has 4 N–H and O–H groups in total. The van der Waals surface area contributed by atoms with Crippen molar-refractivity contribution in [1.82, 2.24) is 5.32 Å². The van der Waals surface area contributed by atoms with E-state index >= 15 is 0 Å². The van der Waals surface area contributed by atoms with Gasteiger partial charge in [-0.15, -0.1) is 12.4 Å². The molecule has 0 bridgehead atoms. The molecule has 0 aliphatic carbocycles. The molecule has 0 spiro atoms.